The number of ether oxygens (including phenoxy) is 3. The summed E-state index contributed by atoms with van der Waals surface area (Å²) in [5.74, 6) is -8.90. The Hall–Kier alpha value is -2.05. The molecule has 0 saturated carbocycles. The van der Waals surface area contributed by atoms with Gasteiger partial charge < -0.3 is 24.1 Å². The number of rotatable bonds is 4. The molecule has 0 aromatic rings. The smallest absolute Gasteiger partial charge is 0.437 e. The van der Waals surface area contributed by atoms with Crippen LogP contribution >= 0.6 is 0 Å². The van der Waals surface area contributed by atoms with Gasteiger partial charge in [0.15, 0.2) is 0 Å². The molecule has 13 heteroatoms. The van der Waals surface area contributed by atoms with Crippen LogP contribution in [0.25, 0.3) is 0 Å². The summed E-state index contributed by atoms with van der Waals surface area (Å²) in [5, 5.41) is 10.5. The maximum atomic E-state index is 13.1. The van der Waals surface area contributed by atoms with Gasteiger partial charge in [-0.1, -0.05) is 0 Å². The lowest BCUT2D eigenvalue weighted by atomic mass is 9.80. The predicted molar refractivity (Wildman–Crippen MR) is 60.7 cm³/mol. The predicted octanol–water partition coefficient (Wildman–Crippen LogP) is -0.138. The van der Waals surface area contributed by atoms with Gasteiger partial charge in [0.2, 0.25) is 0 Å². The highest BCUT2D eigenvalue weighted by molar-refractivity contribution is 5.86. The minimum absolute atomic E-state index is 0.0851. The van der Waals surface area contributed by atoms with Gasteiger partial charge in [-0.3, -0.25) is 9.59 Å². The fourth-order valence-corrected chi connectivity index (χ4v) is 3.57. The molecule has 0 spiro atoms. The Morgan fingerprint density at radius 3 is 2.19 bits per heavy atom. The highest BCUT2D eigenvalue weighted by Gasteiger charge is 2.75. The molecular formula is C13H9F6O7-. The molecule has 0 aromatic carbocycles. The molecular weight excluding hydrogens is 382 g/mol. The van der Waals surface area contributed by atoms with Gasteiger partial charge in [-0.2, -0.15) is 26.3 Å². The van der Waals surface area contributed by atoms with E-state index in [0.717, 1.165) is 0 Å². The molecule has 3 aliphatic rings. The van der Waals surface area contributed by atoms with Crippen LogP contribution in [-0.2, 0) is 28.6 Å². The molecule has 3 rings (SSSR count). The van der Waals surface area contributed by atoms with E-state index in [9.17, 15) is 45.8 Å². The Morgan fingerprint density at radius 1 is 1.12 bits per heavy atom. The number of carboxylic acids is 1. The molecule has 7 nitrogen and oxygen atoms in total. The van der Waals surface area contributed by atoms with Gasteiger partial charge in [-0.15, -0.1) is 0 Å². The van der Waals surface area contributed by atoms with Gasteiger partial charge in [0.1, 0.15) is 18.1 Å². The van der Waals surface area contributed by atoms with Crippen molar-refractivity contribution in [2.45, 2.75) is 49.1 Å². The molecule has 3 aliphatic heterocycles. The molecule has 146 valence electrons. The number of alkyl halides is 6. The molecule has 5 unspecified atom stereocenters. The summed E-state index contributed by atoms with van der Waals surface area (Å²) in [6, 6.07) is 0. The zero-order valence-electron chi connectivity index (χ0n) is 12.4. The molecule has 3 heterocycles. The summed E-state index contributed by atoms with van der Waals surface area (Å²) in [4.78, 5) is 34.3. The zero-order valence-corrected chi connectivity index (χ0v) is 12.4. The van der Waals surface area contributed by atoms with Crippen molar-refractivity contribution >= 4 is 17.9 Å². The standard InChI is InChI=1S/C13H10F6O7/c14-12(15,16)11(2-5(20)21,13(17,18)19)26-10(23)6-3-1-4-8(24-3)7(6)9(22)25-4/h3-4,6-8H,1-2H2,(H,20,21)/p-1. The lowest BCUT2D eigenvalue weighted by Crippen LogP contribution is -2.62. The number of hydrogen-bond acceptors (Lipinski definition) is 7. The molecule has 0 aromatic heterocycles. The minimum atomic E-state index is -6.29. The van der Waals surface area contributed by atoms with Crippen molar-refractivity contribution < 1.29 is 60.0 Å². The van der Waals surface area contributed by atoms with Crippen molar-refractivity contribution in [3.05, 3.63) is 0 Å². The average Bonchev–Trinajstić information content (AvgIpc) is 3.04. The van der Waals surface area contributed by atoms with E-state index in [4.69, 9.17) is 9.47 Å². The van der Waals surface area contributed by atoms with Crippen molar-refractivity contribution in [2.75, 3.05) is 0 Å². The van der Waals surface area contributed by atoms with Crippen LogP contribution in [0.3, 0.4) is 0 Å². The third-order valence-corrected chi connectivity index (χ3v) is 4.70. The molecule has 2 bridgehead atoms. The van der Waals surface area contributed by atoms with Gasteiger partial charge in [0, 0.05) is 18.8 Å². The largest absolute Gasteiger partial charge is 0.550 e. The second-order valence-electron chi connectivity index (χ2n) is 6.19. The number of fused-ring (bicyclic) bond motifs is 1. The first-order valence-corrected chi connectivity index (χ1v) is 7.20. The quantitative estimate of drug-likeness (QED) is 0.486. The molecule has 0 radical (unpaired) electrons. The second-order valence-corrected chi connectivity index (χ2v) is 6.19. The Kier molecular flexibility index (Phi) is 3.94. The highest BCUT2D eigenvalue weighted by atomic mass is 19.4. The maximum Gasteiger partial charge on any atom is 0.437 e. The fourth-order valence-electron chi connectivity index (χ4n) is 3.57. The Morgan fingerprint density at radius 2 is 1.69 bits per heavy atom. The summed E-state index contributed by atoms with van der Waals surface area (Å²) in [5.41, 5.74) is -5.31. The van der Waals surface area contributed by atoms with E-state index in [1.54, 1.807) is 0 Å². The van der Waals surface area contributed by atoms with Crippen LogP contribution in [0.2, 0.25) is 0 Å². The molecule has 0 amide bonds. The monoisotopic (exact) mass is 391 g/mol. The Labute approximate surface area is 140 Å². The molecule has 26 heavy (non-hydrogen) atoms. The zero-order chi connectivity index (χ0) is 19.7. The summed E-state index contributed by atoms with van der Waals surface area (Å²) >= 11 is 0. The molecule has 3 fully saturated rings. The van der Waals surface area contributed by atoms with E-state index in [1.807, 2.05) is 0 Å². The van der Waals surface area contributed by atoms with Gasteiger partial charge >= 0.3 is 29.9 Å². The number of aliphatic carboxylic acids is 1. The average molecular weight is 391 g/mol. The summed E-state index contributed by atoms with van der Waals surface area (Å²) in [7, 11) is 0. The van der Waals surface area contributed by atoms with Crippen LogP contribution in [0.4, 0.5) is 26.3 Å². The number of esters is 2. The molecule has 5 atom stereocenters. The number of hydrogen-bond donors (Lipinski definition) is 0. The Balaban J connectivity index is 1.93. The molecule has 0 aliphatic carbocycles. The summed E-state index contributed by atoms with van der Waals surface area (Å²) in [6.07, 6.45) is -18.2. The van der Waals surface area contributed by atoms with E-state index in [1.165, 1.54) is 0 Å². The second kappa shape index (κ2) is 5.47. The van der Waals surface area contributed by atoms with Crippen molar-refractivity contribution in [2.24, 2.45) is 11.8 Å². The first-order chi connectivity index (χ1) is 11.8. The fraction of sp³-hybridized carbons (Fsp3) is 0.769. The van der Waals surface area contributed by atoms with Crippen LogP contribution in [-0.4, -0.2) is 54.2 Å². The van der Waals surface area contributed by atoms with Crippen LogP contribution in [0.1, 0.15) is 12.8 Å². The van der Waals surface area contributed by atoms with Gasteiger partial charge in [-0.05, 0) is 0 Å². The summed E-state index contributed by atoms with van der Waals surface area (Å²) < 4.78 is 92.5. The topological polar surface area (TPSA) is 102 Å². The van der Waals surface area contributed by atoms with Gasteiger partial charge in [0.25, 0.3) is 0 Å². The SMILES string of the molecule is O=C([O-])CC(OC(=O)C1C2CC3OC(=O)C1C3O2)(C(F)(F)F)C(F)(F)F. The van der Waals surface area contributed by atoms with E-state index >= 15 is 0 Å². The van der Waals surface area contributed by atoms with E-state index in [-0.39, 0.29) is 6.42 Å². The van der Waals surface area contributed by atoms with Crippen LogP contribution in [0.5, 0.6) is 0 Å². The highest BCUT2D eigenvalue weighted by Crippen LogP contribution is 2.53. The minimum Gasteiger partial charge on any atom is -0.550 e. The number of carbonyl (C=O) groups excluding carboxylic acids is 3. The first kappa shape index (κ1) is 18.7. The van der Waals surface area contributed by atoms with Crippen LogP contribution < -0.4 is 5.11 Å². The van der Waals surface area contributed by atoms with Gasteiger partial charge in [-0.25, -0.2) is 0 Å². The number of carbonyl (C=O) groups is 3. The van der Waals surface area contributed by atoms with Crippen molar-refractivity contribution in [1.29, 1.82) is 0 Å². The van der Waals surface area contributed by atoms with Crippen molar-refractivity contribution in [1.82, 2.24) is 0 Å². The third-order valence-electron chi connectivity index (χ3n) is 4.70. The van der Waals surface area contributed by atoms with Crippen molar-refractivity contribution in [3.8, 4) is 0 Å². The lowest BCUT2D eigenvalue weighted by Gasteiger charge is -2.38. The third kappa shape index (κ3) is 2.51. The van der Waals surface area contributed by atoms with Crippen LogP contribution in [0.15, 0.2) is 0 Å². The molecule has 0 N–H and O–H groups in total. The van der Waals surface area contributed by atoms with E-state index in [2.05, 4.69) is 4.74 Å². The van der Waals surface area contributed by atoms with E-state index < -0.39 is 72.4 Å². The lowest BCUT2D eigenvalue weighted by molar-refractivity contribution is -0.381. The normalized spacial score (nSPS) is 33.3. The first-order valence-electron chi connectivity index (χ1n) is 7.20. The summed E-state index contributed by atoms with van der Waals surface area (Å²) in [6.45, 7) is 0. The number of halogens is 6. The van der Waals surface area contributed by atoms with E-state index in [0.29, 0.717) is 0 Å². The Bertz CT molecular complexity index is 640. The maximum absolute atomic E-state index is 13.1. The molecule has 3 saturated heterocycles. The van der Waals surface area contributed by atoms with Crippen LogP contribution in [0, 0.1) is 11.8 Å². The van der Waals surface area contributed by atoms with Gasteiger partial charge in [0.05, 0.1) is 12.0 Å². The van der Waals surface area contributed by atoms with Crippen molar-refractivity contribution in [3.63, 3.8) is 0 Å². The number of carboxylic acid groups (broad SMARTS) is 1.